The van der Waals surface area contributed by atoms with E-state index in [1.807, 2.05) is 4.90 Å². The number of nitrogens with one attached hydrogen (secondary N) is 2. The molecule has 3 heterocycles. The molecule has 0 spiro atoms. The summed E-state index contributed by atoms with van der Waals surface area (Å²) in [7, 11) is 1.62. The van der Waals surface area contributed by atoms with E-state index in [1.54, 1.807) is 42.0 Å². The van der Waals surface area contributed by atoms with Gasteiger partial charge in [0.25, 0.3) is 5.91 Å². The quantitative estimate of drug-likeness (QED) is 0.338. The molecule has 1 amide bonds. The molecule has 1 aliphatic rings. The number of nitrogens with zero attached hydrogens (tertiary/aromatic N) is 3. The number of imidazole rings is 1. The van der Waals surface area contributed by atoms with Gasteiger partial charge in [0.2, 0.25) is 0 Å². The number of fused-ring (bicyclic) bond motifs is 1. The van der Waals surface area contributed by atoms with Crippen LogP contribution in [0.25, 0.3) is 5.65 Å². The van der Waals surface area contributed by atoms with Gasteiger partial charge in [-0.05, 0) is 43.2 Å². The number of halogens is 1. The predicted octanol–water partition coefficient (Wildman–Crippen LogP) is 3.98. The summed E-state index contributed by atoms with van der Waals surface area (Å²) < 4.78 is 26.0. The Morgan fingerprint density at radius 3 is 2.69 bits per heavy atom. The molecule has 1 aliphatic heterocycles. The maximum Gasteiger partial charge on any atom is 0.253 e. The van der Waals surface area contributed by atoms with Crippen LogP contribution in [0.5, 0.6) is 0 Å². The molecule has 2 N–H and O–H groups in total. The van der Waals surface area contributed by atoms with Gasteiger partial charge >= 0.3 is 0 Å². The second-order valence-corrected chi connectivity index (χ2v) is 8.59. The second-order valence-electron chi connectivity index (χ2n) is 8.59. The summed E-state index contributed by atoms with van der Waals surface area (Å²) >= 11 is 0. The zero-order valence-corrected chi connectivity index (χ0v) is 20.1. The summed E-state index contributed by atoms with van der Waals surface area (Å²) in [5.74, 6) is -0.407. The first-order valence-corrected chi connectivity index (χ1v) is 12.0. The molecule has 0 bridgehead atoms. The Hall–Kier alpha value is -3.30. The first-order chi connectivity index (χ1) is 17.1. The third kappa shape index (κ3) is 6.04. The molecule has 2 aromatic heterocycles. The Morgan fingerprint density at radius 2 is 1.91 bits per heavy atom. The van der Waals surface area contributed by atoms with Gasteiger partial charge in [-0.15, -0.1) is 0 Å². The molecule has 1 fully saturated rings. The maximum atomic E-state index is 13.9. The van der Waals surface area contributed by atoms with E-state index < -0.39 is 5.82 Å². The highest BCUT2D eigenvalue weighted by atomic mass is 19.1. The second kappa shape index (κ2) is 11.9. The molecule has 0 saturated carbocycles. The summed E-state index contributed by atoms with van der Waals surface area (Å²) in [5.41, 5.74) is 3.03. The van der Waals surface area contributed by atoms with Crippen LogP contribution in [0.1, 0.15) is 47.3 Å². The van der Waals surface area contributed by atoms with Gasteiger partial charge in [0.1, 0.15) is 11.5 Å². The Labute approximate surface area is 204 Å². The van der Waals surface area contributed by atoms with Gasteiger partial charge in [-0.2, -0.15) is 0 Å². The molecule has 0 radical (unpaired) electrons. The highest BCUT2D eigenvalue weighted by Crippen LogP contribution is 2.24. The molecule has 1 aromatic carbocycles. The van der Waals surface area contributed by atoms with Crippen LogP contribution in [0, 0.1) is 11.2 Å². The van der Waals surface area contributed by atoms with Crippen LogP contribution in [-0.2, 0) is 9.47 Å². The third-order valence-corrected chi connectivity index (χ3v) is 6.15. The lowest BCUT2D eigenvalue weighted by atomic mass is 10.0. The van der Waals surface area contributed by atoms with Crippen LogP contribution in [0.2, 0.25) is 0 Å². The van der Waals surface area contributed by atoms with Gasteiger partial charge in [0.15, 0.2) is 0 Å². The third-order valence-electron chi connectivity index (χ3n) is 6.15. The Kier molecular flexibility index (Phi) is 8.44. The Bertz CT molecular complexity index is 1170. The van der Waals surface area contributed by atoms with Crippen LogP contribution < -0.4 is 5.32 Å². The number of amides is 1. The molecule has 35 heavy (non-hydrogen) atoms. The molecule has 0 atom stereocenters. The lowest BCUT2D eigenvalue weighted by molar-refractivity contribution is 0.0759. The van der Waals surface area contributed by atoms with Crippen LogP contribution in [-0.4, -0.2) is 72.5 Å². The van der Waals surface area contributed by atoms with Crippen molar-refractivity contribution >= 4 is 23.0 Å². The number of likely N-dealkylation sites (tertiary alicyclic amines) is 1. The zero-order valence-electron chi connectivity index (χ0n) is 20.1. The number of hydrogen-bond acceptors (Lipinski definition) is 6. The average molecular weight is 482 g/mol. The van der Waals surface area contributed by atoms with Gasteiger partial charge in [-0.25, -0.2) is 9.37 Å². The van der Waals surface area contributed by atoms with E-state index in [0.717, 1.165) is 38.8 Å². The Morgan fingerprint density at radius 1 is 1.11 bits per heavy atom. The lowest BCUT2D eigenvalue weighted by Gasteiger charge is -2.21. The molecule has 4 rings (SSSR count). The lowest BCUT2D eigenvalue weighted by Crippen LogP contribution is -2.32. The summed E-state index contributed by atoms with van der Waals surface area (Å²) in [5, 5.41) is 12.2. The fourth-order valence-electron chi connectivity index (χ4n) is 4.28. The minimum absolute atomic E-state index is 0.00116. The number of hydrogen-bond donors (Lipinski definition) is 2. The van der Waals surface area contributed by atoms with Crippen molar-refractivity contribution < 1.29 is 18.7 Å². The molecular weight excluding hydrogens is 449 g/mol. The average Bonchev–Trinajstić information content (AvgIpc) is 3.09. The van der Waals surface area contributed by atoms with E-state index in [4.69, 9.17) is 14.9 Å². The first kappa shape index (κ1) is 24.8. The number of ether oxygens (including phenoxy) is 2. The van der Waals surface area contributed by atoms with Crippen molar-refractivity contribution in [3.63, 3.8) is 0 Å². The summed E-state index contributed by atoms with van der Waals surface area (Å²) in [6.45, 7) is 3.47. The smallest absolute Gasteiger partial charge is 0.253 e. The van der Waals surface area contributed by atoms with Crippen molar-refractivity contribution in [3.05, 3.63) is 65.4 Å². The summed E-state index contributed by atoms with van der Waals surface area (Å²) in [6, 6.07) is 8.26. The fraction of sp³-hybridized carbons (Fsp3) is 0.423. The van der Waals surface area contributed by atoms with Crippen molar-refractivity contribution in [2.45, 2.75) is 25.7 Å². The van der Waals surface area contributed by atoms with E-state index in [9.17, 15) is 9.18 Å². The van der Waals surface area contributed by atoms with Gasteiger partial charge in [0, 0.05) is 49.8 Å². The molecule has 3 aromatic rings. The number of aromatic nitrogens is 2. The van der Waals surface area contributed by atoms with Gasteiger partial charge < -0.3 is 19.7 Å². The van der Waals surface area contributed by atoms with E-state index in [-0.39, 0.29) is 11.6 Å². The SMILES string of the molecule is COCCOCCNc1cc(C(=O)N2CCCCCC2)ccc1C(=N)c1cnc2ccc(F)cn12. The molecule has 186 valence electrons. The number of anilines is 1. The topological polar surface area (TPSA) is 92.0 Å². The summed E-state index contributed by atoms with van der Waals surface area (Å²) in [6.07, 6.45) is 7.21. The van der Waals surface area contributed by atoms with E-state index in [2.05, 4.69) is 10.3 Å². The number of rotatable bonds is 10. The maximum absolute atomic E-state index is 13.9. The van der Waals surface area contributed by atoms with Crippen molar-refractivity contribution in [1.29, 1.82) is 5.41 Å². The number of carbonyl (C=O) groups is 1. The first-order valence-electron chi connectivity index (χ1n) is 12.0. The number of methoxy groups -OCH3 is 1. The fourth-order valence-corrected chi connectivity index (χ4v) is 4.28. The van der Waals surface area contributed by atoms with Crippen LogP contribution >= 0.6 is 0 Å². The largest absolute Gasteiger partial charge is 0.382 e. The Balaban J connectivity index is 1.60. The van der Waals surface area contributed by atoms with Crippen molar-refractivity contribution in [3.8, 4) is 0 Å². The monoisotopic (exact) mass is 481 g/mol. The minimum Gasteiger partial charge on any atom is -0.382 e. The molecule has 1 saturated heterocycles. The highest BCUT2D eigenvalue weighted by molar-refractivity contribution is 6.14. The minimum atomic E-state index is -0.408. The molecule has 8 nitrogen and oxygen atoms in total. The van der Waals surface area contributed by atoms with Crippen molar-refractivity contribution in [2.24, 2.45) is 0 Å². The van der Waals surface area contributed by atoms with Crippen LogP contribution in [0.15, 0.2) is 42.7 Å². The van der Waals surface area contributed by atoms with E-state index >= 15 is 0 Å². The van der Waals surface area contributed by atoms with Gasteiger partial charge in [-0.3, -0.25) is 14.6 Å². The number of carbonyl (C=O) groups excluding carboxylic acids is 1. The number of benzene rings is 1. The van der Waals surface area contributed by atoms with E-state index in [0.29, 0.717) is 54.5 Å². The molecule has 9 heteroatoms. The zero-order chi connectivity index (χ0) is 24.6. The normalized spacial score (nSPS) is 14.2. The van der Waals surface area contributed by atoms with E-state index in [1.165, 1.54) is 12.3 Å². The van der Waals surface area contributed by atoms with Gasteiger partial charge in [-0.1, -0.05) is 12.8 Å². The molecule has 0 aliphatic carbocycles. The van der Waals surface area contributed by atoms with Crippen molar-refractivity contribution in [1.82, 2.24) is 14.3 Å². The molecule has 0 unspecified atom stereocenters. The highest BCUT2D eigenvalue weighted by Gasteiger charge is 2.21. The van der Waals surface area contributed by atoms with Crippen LogP contribution in [0.4, 0.5) is 10.1 Å². The number of pyridine rings is 1. The summed E-state index contributed by atoms with van der Waals surface area (Å²) in [4.78, 5) is 19.4. The van der Waals surface area contributed by atoms with Crippen LogP contribution in [0.3, 0.4) is 0 Å². The standard InChI is InChI=1S/C26H32FN5O3/c1-34-14-15-35-13-10-29-22-16-19(26(33)31-11-4-2-3-5-12-31)6-8-21(22)25(28)23-17-30-24-9-7-20(27)18-32(23)24/h6-9,16-18,28-29H,2-5,10-15H2,1H3. The molecular formula is C26H32FN5O3. The van der Waals surface area contributed by atoms with Crippen molar-refractivity contribution in [2.75, 3.05) is 51.9 Å². The van der Waals surface area contributed by atoms with Gasteiger partial charge in [0.05, 0.1) is 37.4 Å². The predicted molar refractivity (Wildman–Crippen MR) is 133 cm³/mol.